The highest BCUT2D eigenvalue weighted by Gasteiger charge is 2.36. The molecule has 0 fully saturated rings. The standard InChI is InChI=1S/C25H28N2O7/c1-15-9-10-16(14-33-27-22(30)19-7-5-6-8-20(19)23(27)31)11-17(15)12-18(13-21(28)29)26-24(32)34-25(2,3)4/h5-11,18H,12-14H2,1-4H3,(H,26,32)(H,28,29). The molecule has 34 heavy (non-hydrogen) atoms. The van der Waals surface area contributed by atoms with Gasteiger partial charge in [0.05, 0.1) is 17.5 Å². The van der Waals surface area contributed by atoms with Crippen molar-refractivity contribution in [2.24, 2.45) is 0 Å². The number of aryl methyl sites for hydroxylation is 1. The number of carbonyl (C=O) groups is 4. The number of hydrogen-bond acceptors (Lipinski definition) is 6. The van der Waals surface area contributed by atoms with Crippen LogP contribution in [0.5, 0.6) is 0 Å². The quantitative estimate of drug-likeness (QED) is 0.567. The molecule has 2 aromatic rings. The molecule has 1 aliphatic heterocycles. The van der Waals surface area contributed by atoms with Crippen LogP contribution in [0.2, 0.25) is 0 Å². The fraction of sp³-hybridized carbons (Fsp3) is 0.360. The van der Waals surface area contributed by atoms with E-state index in [0.717, 1.165) is 16.2 Å². The molecule has 2 aromatic carbocycles. The van der Waals surface area contributed by atoms with Crippen molar-refractivity contribution in [1.82, 2.24) is 10.4 Å². The van der Waals surface area contributed by atoms with Gasteiger partial charge in [0.15, 0.2) is 0 Å². The lowest BCUT2D eigenvalue weighted by atomic mass is 9.97. The fourth-order valence-corrected chi connectivity index (χ4v) is 3.58. The molecule has 0 bridgehead atoms. The Morgan fingerprint density at radius 1 is 1.06 bits per heavy atom. The molecule has 3 amide bonds. The zero-order chi connectivity index (χ0) is 25.0. The highest BCUT2D eigenvalue weighted by molar-refractivity contribution is 6.20. The molecule has 0 saturated carbocycles. The van der Waals surface area contributed by atoms with E-state index in [1.165, 1.54) is 0 Å². The molecule has 1 unspecified atom stereocenters. The highest BCUT2D eigenvalue weighted by atomic mass is 16.7. The molecule has 0 aromatic heterocycles. The third-order valence-corrected chi connectivity index (χ3v) is 5.14. The number of carboxylic acid groups (broad SMARTS) is 1. The number of carboxylic acids is 1. The SMILES string of the molecule is Cc1ccc(CON2C(=O)c3ccccc3C2=O)cc1CC(CC(=O)O)NC(=O)OC(C)(C)C. The van der Waals surface area contributed by atoms with Crippen LogP contribution in [0.4, 0.5) is 4.79 Å². The first-order valence-electron chi connectivity index (χ1n) is 10.8. The van der Waals surface area contributed by atoms with Crippen LogP contribution in [-0.4, -0.2) is 45.7 Å². The van der Waals surface area contributed by atoms with Gasteiger partial charge in [-0.15, -0.1) is 5.06 Å². The summed E-state index contributed by atoms with van der Waals surface area (Å²) in [5.41, 5.74) is 2.25. The summed E-state index contributed by atoms with van der Waals surface area (Å²) in [6.45, 7) is 7.00. The van der Waals surface area contributed by atoms with Crippen LogP contribution in [0.1, 0.15) is 64.6 Å². The summed E-state index contributed by atoms with van der Waals surface area (Å²) < 4.78 is 5.25. The van der Waals surface area contributed by atoms with Crippen molar-refractivity contribution in [1.29, 1.82) is 0 Å². The first-order valence-corrected chi connectivity index (χ1v) is 10.8. The maximum atomic E-state index is 12.5. The van der Waals surface area contributed by atoms with E-state index in [2.05, 4.69) is 5.32 Å². The van der Waals surface area contributed by atoms with Gasteiger partial charge in [0.2, 0.25) is 0 Å². The Hall–Kier alpha value is -3.72. The Morgan fingerprint density at radius 3 is 2.24 bits per heavy atom. The van der Waals surface area contributed by atoms with Crippen molar-refractivity contribution in [3.63, 3.8) is 0 Å². The Bertz CT molecular complexity index is 1090. The monoisotopic (exact) mass is 468 g/mol. The van der Waals surface area contributed by atoms with Crippen LogP contribution in [0, 0.1) is 6.92 Å². The first-order chi connectivity index (χ1) is 15.9. The molecule has 0 aliphatic carbocycles. The van der Waals surface area contributed by atoms with Crippen LogP contribution in [0.15, 0.2) is 42.5 Å². The average molecular weight is 469 g/mol. The zero-order valence-electron chi connectivity index (χ0n) is 19.6. The molecule has 180 valence electrons. The van der Waals surface area contributed by atoms with E-state index in [1.807, 2.05) is 13.0 Å². The minimum absolute atomic E-state index is 0.0398. The van der Waals surface area contributed by atoms with Gasteiger partial charge in [-0.3, -0.25) is 19.2 Å². The second kappa shape index (κ2) is 10.0. The molecular weight excluding hydrogens is 440 g/mol. The number of nitrogens with zero attached hydrogens (tertiary/aromatic N) is 1. The molecular formula is C25H28N2O7. The van der Waals surface area contributed by atoms with E-state index in [9.17, 15) is 24.3 Å². The number of rotatable bonds is 8. The van der Waals surface area contributed by atoms with E-state index < -0.39 is 35.5 Å². The summed E-state index contributed by atoms with van der Waals surface area (Å²) in [5, 5.41) is 12.7. The van der Waals surface area contributed by atoms with E-state index in [0.29, 0.717) is 16.7 Å². The lowest BCUT2D eigenvalue weighted by Gasteiger charge is -2.23. The molecule has 0 spiro atoms. The number of benzene rings is 2. The second-order valence-electron chi connectivity index (χ2n) is 9.13. The number of ether oxygens (including phenoxy) is 1. The summed E-state index contributed by atoms with van der Waals surface area (Å²) in [4.78, 5) is 54.0. The van der Waals surface area contributed by atoms with Gasteiger partial charge in [-0.2, -0.15) is 0 Å². The molecule has 9 heteroatoms. The van der Waals surface area contributed by atoms with Crippen molar-refractivity contribution < 1.29 is 33.9 Å². The largest absolute Gasteiger partial charge is 0.481 e. The molecule has 1 heterocycles. The van der Waals surface area contributed by atoms with Crippen molar-refractivity contribution >= 4 is 23.9 Å². The number of hydrogen-bond donors (Lipinski definition) is 2. The van der Waals surface area contributed by atoms with Crippen molar-refractivity contribution in [2.75, 3.05) is 0 Å². The number of imide groups is 1. The summed E-state index contributed by atoms with van der Waals surface area (Å²) in [6.07, 6.45) is -0.728. The van der Waals surface area contributed by atoms with E-state index >= 15 is 0 Å². The summed E-state index contributed by atoms with van der Waals surface area (Å²) in [5.74, 6) is -2.09. The third kappa shape index (κ3) is 6.20. The van der Waals surface area contributed by atoms with Gasteiger partial charge < -0.3 is 15.2 Å². The number of aliphatic carboxylic acids is 1. The number of alkyl carbamates (subject to hydrolysis) is 1. The van der Waals surface area contributed by atoms with Gasteiger partial charge in [0, 0.05) is 6.04 Å². The first kappa shape index (κ1) is 24.9. The zero-order valence-corrected chi connectivity index (χ0v) is 19.6. The second-order valence-corrected chi connectivity index (χ2v) is 9.13. The minimum Gasteiger partial charge on any atom is -0.481 e. The summed E-state index contributed by atoms with van der Waals surface area (Å²) in [6, 6.07) is 11.2. The van der Waals surface area contributed by atoms with E-state index in [1.54, 1.807) is 57.2 Å². The number of nitrogens with one attached hydrogen (secondary N) is 1. The number of carbonyl (C=O) groups excluding carboxylic acids is 3. The maximum Gasteiger partial charge on any atom is 0.407 e. The molecule has 0 radical (unpaired) electrons. The Labute approximate surface area is 197 Å². The normalized spacial score (nSPS) is 14.1. The fourth-order valence-electron chi connectivity index (χ4n) is 3.58. The van der Waals surface area contributed by atoms with Gasteiger partial charge in [-0.1, -0.05) is 30.3 Å². The van der Waals surface area contributed by atoms with Crippen LogP contribution < -0.4 is 5.32 Å². The maximum absolute atomic E-state index is 12.5. The Kier molecular flexibility index (Phi) is 7.36. The van der Waals surface area contributed by atoms with Crippen LogP contribution >= 0.6 is 0 Å². The number of fused-ring (bicyclic) bond motifs is 1. The van der Waals surface area contributed by atoms with Crippen molar-refractivity contribution in [3.05, 3.63) is 70.3 Å². The smallest absolute Gasteiger partial charge is 0.407 e. The van der Waals surface area contributed by atoms with Crippen LogP contribution in [0.25, 0.3) is 0 Å². The van der Waals surface area contributed by atoms with Gasteiger partial charge in [-0.05, 0) is 62.9 Å². The van der Waals surface area contributed by atoms with Crippen molar-refractivity contribution in [3.8, 4) is 0 Å². The molecule has 3 rings (SSSR count). The van der Waals surface area contributed by atoms with Gasteiger partial charge in [-0.25, -0.2) is 4.79 Å². The third-order valence-electron chi connectivity index (χ3n) is 5.14. The van der Waals surface area contributed by atoms with Gasteiger partial charge >= 0.3 is 12.1 Å². The minimum atomic E-state index is -1.05. The molecule has 1 atom stereocenters. The lowest BCUT2D eigenvalue weighted by Crippen LogP contribution is -2.41. The van der Waals surface area contributed by atoms with Crippen LogP contribution in [-0.2, 0) is 27.4 Å². The molecule has 0 saturated heterocycles. The lowest BCUT2D eigenvalue weighted by molar-refractivity contribution is -0.137. The molecule has 1 aliphatic rings. The predicted molar refractivity (Wildman–Crippen MR) is 122 cm³/mol. The van der Waals surface area contributed by atoms with Crippen LogP contribution in [0.3, 0.4) is 0 Å². The number of amides is 3. The van der Waals surface area contributed by atoms with Gasteiger partial charge in [0.1, 0.15) is 12.2 Å². The predicted octanol–water partition coefficient (Wildman–Crippen LogP) is 3.63. The molecule has 9 nitrogen and oxygen atoms in total. The Balaban J connectivity index is 1.70. The number of hydroxylamine groups is 2. The van der Waals surface area contributed by atoms with Crippen molar-refractivity contribution in [2.45, 2.75) is 58.8 Å². The Morgan fingerprint density at radius 2 is 1.68 bits per heavy atom. The van der Waals surface area contributed by atoms with E-state index in [-0.39, 0.29) is 19.4 Å². The highest BCUT2D eigenvalue weighted by Crippen LogP contribution is 2.24. The van der Waals surface area contributed by atoms with Gasteiger partial charge in [0.25, 0.3) is 11.8 Å². The summed E-state index contributed by atoms with van der Waals surface area (Å²) >= 11 is 0. The average Bonchev–Trinajstić information content (AvgIpc) is 2.97. The topological polar surface area (TPSA) is 122 Å². The molecule has 2 N–H and O–H groups in total. The van der Waals surface area contributed by atoms with E-state index in [4.69, 9.17) is 9.57 Å². The summed E-state index contributed by atoms with van der Waals surface area (Å²) in [7, 11) is 0.